The molecule has 1 aromatic carbocycles. The molecule has 0 fully saturated rings. The van der Waals surface area contributed by atoms with Crippen molar-refractivity contribution in [1.82, 2.24) is 4.98 Å². The highest BCUT2D eigenvalue weighted by Crippen LogP contribution is 2.22. The van der Waals surface area contributed by atoms with E-state index in [1.165, 1.54) is 11.3 Å². The van der Waals surface area contributed by atoms with Crippen molar-refractivity contribution in [2.45, 2.75) is 13.3 Å². The zero-order valence-electron chi connectivity index (χ0n) is 13.2. The normalized spacial score (nSPS) is 10.8. The standard InChI is InChI=1S/C14H18N4O3S2.ClH/c1-9-3-4-10(7-11(9)18-23(2,20)21)16-14(19)12-8-22-13(17-12)5-6-15;/h3-4,7-8,18H,5-6,15H2,1-2H3,(H,16,19);1H. The number of carbonyl (C=O) groups is 1. The number of nitrogens with two attached hydrogens (primary N) is 1. The highest BCUT2D eigenvalue weighted by molar-refractivity contribution is 7.92. The molecule has 1 aromatic heterocycles. The predicted molar refractivity (Wildman–Crippen MR) is 99.7 cm³/mol. The molecule has 2 aromatic rings. The van der Waals surface area contributed by atoms with Crippen molar-refractivity contribution in [2.75, 3.05) is 22.8 Å². The Labute approximate surface area is 151 Å². The van der Waals surface area contributed by atoms with Crippen LogP contribution in [0.5, 0.6) is 0 Å². The van der Waals surface area contributed by atoms with E-state index >= 15 is 0 Å². The molecule has 0 aliphatic carbocycles. The van der Waals surface area contributed by atoms with E-state index in [-0.39, 0.29) is 18.3 Å². The number of nitrogens with one attached hydrogen (secondary N) is 2. The van der Waals surface area contributed by atoms with Crippen molar-refractivity contribution in [2.24, 2.45) is 5.73 Å². The van der Waals surface area contributed by atoms with Crippen LogP contribution in [0.15, 0.2) is 23.6 Å². The van der Waals surface area contributed by atoms with Gasteiger partial charge in [0.2, 0.25) is 10.0 Å². The Balaban J connectivity index is 0.00000288. The molecule has 7 nitrogen and oxygen atoms in total. The minimum atomic E-state index is -3.39. The Hall–Kier alpha value is -1.68. The molecule has 1 heterocycles. The van der Waals surface area contributed by atoms with E-state index in [2.05, 4.69) is 15.0 Å². The summed E-state index contributed by atoms with van der Waals surface area (Å²) in [5.74, 6) is -0.348. The number of amides is 1. The van der Waals surface area contributed by atoms with Crippen LogP contribution in [-0.4, -0.2) is 32.1 Å². The molecule has 0 saturated carbocycles. The molecule has 132 valence electrons. The number of aryl methyl sites for hydroxylation is 1. The molecule has 4 N–H and O–H groups in total. The first-order valence-corrected chi connectivity index (χ1v) is 9.60. The summed E-state index contributed by atoms with van der Waals surface area (Å²) in [7, 11) is -3.39. The van der Waals surface area contributed by atoms with Crippen molar-refractivity contribution >= 4 is 51.0 Å². The Morgan fingerprint density at radius 2 is 2.08 bits per heavy atom. The second-order valence-corrected chi connectivity index (χ2v) is 7.71. The van der Waals surface area contributed by atoms with Gasteiger partial charge in [-0.05, 0) is 31.2 Å². The van der Waals surface area contributed by atoms with Crippen LogP contribution >= 0.6 is 23.7 Å². The van der Waals surface area contributed by atoms with E-state index in [1.807, 2.05) is 0 Å². The van der Waals surface area contributed by atoms with Crippen LogP contribution in [0.2, 0.25) is 0 Å². The highest BCUT2D eigenvalue weighted by atomic mass is 35.5. The average molecular weight is 391 g/mol. The van der Waals surface area contributed by atoms with Crippen molar-refractivity contribution in [1.29, 1.82) is 0 Å². The summed E-state index contributed by atoms with van der Waals surface area (Å²) in [5.41, 5.74) is 7.44. The van der Waals surface area contributed by atoms with Crippen LogP contribution in [0.25, 0.3) is 0 Å². The summed E-state index contributed by atoms with van der Waals surface area (Å²) >= 11 is 1.38. The van der Waals surface area contributed by atoms with E-state index in [0.29, 0.717) is 30.0 Å². The van der Waals surface area contributed by atoms with Gasteiger partial charge in [-0.25, -0.2) is 13.4 Å². The highest BCUT2D eigenvalue weighted by Gasteiger charge is 2.12. The molecule has 10 heteroatoms. The molecule has 0 atom stereocenters. The molecule has 0 aliphatic rings. The summed E-state index contributed by atoms with van der Waals surface area (Å²) < 4.78 is 25.1. The third kappa shape index (κ3) is 5.75. The molecule has 2 rings (SSSR count). The Kier molecular flexibility index (Phi) is 7.15. The lowest BCUT2D eigenvalue weighted by atomic mass is 10.2. The van der Waals surface area contributed by atoms with Crippen LogP contribution in [0.4, 0.5) is 11.4 Å². The molecule has 0 unspecified atom stereocenters. The fraction of sp³-hybridized carbons (Fsp3) is 0.286. The van der Waals surface area contributed by atoms with Crippen LogP contribution in [0, 0.1) is 6.92 Å². The number of thiazole rings is 1. The molecule has 0 aliphatic heterocycles. The fourth-order valence-electron chi connectivity index (χ4n) is 1.86. The summed E-state index contributed by atoms with van der Waals surface area (Å²) in [4.78, 5) is 16.4. The zero-order chi connectivity index (χ0) is 17.0. The zero-order valence-corrected chi connectivity index (χ0v) is 15.6. The first-order chi connectivity index (χ1) is 10.8. The Bertz CT molecular complexity index is 821. The van der Waals surface area contributed by atoms with Gasteiger partial charge in [0.25, 0.3) is 5.91 Å². The second-order valence-electron chi connectivity index (χ2n) is 5.02. The lowest BCUT2D eigenvalue weighted by Gasteiger charge is -2.10. The van der Waals surface area contributed by atoms with Gasteiger partial charge < -0.3 is 11.1 Å². The maximum Gasteiger partial charge on any atom is 0.275 e. The van der Waals surface area contributed by atoms with E-state index in [9.17, 15) is 13.2 Å². The first kappa shape index (κ1) is 20.4. The maximum absolute atomic E-state index is 12.2. The van der Waals surface area contributed by atoms with Crippen molar-refractivity contribution in [3.63, 3.8) is 0 Å². The molecule has 0 saturated heterocycles. The van der Waals surface area contributed by atoms with Gasteiger partial charge >= 0.3 is 0 Å². The summed E-state index contributed by atoms with van der Waals surface area (Å²) in [5, 5.41) is 5.18. The number of aromatic nitrogens is 1. The van der Waals surface area contributed by atoms with Crippen LogP contribution in [-0.2, 0) is 16.4 Å². The number of hydrogen-bond donors (Lipinski definition) is 3. The third-order valence-corrected chi connectivity index (χ3v) is 4.43. The van der Waals surface area contributed by atoms with Gasteiger partial charge in [0.15, 0.2) is 0 Å². The minimum absolute atomic E-state index is 0. The minimum Gasteiger partial charge on any atom is -0.330 e. The smallest absolute Gasteiger partial charge is 0.275 e. The van der Waals surface area contributed by atoms with Gasteiger partial charge in [0.1, 0.15) is 5.69 Å². The monoisotopic (exact) mass is 390 g/mol. The number of benzene rings is 1. The second kappa shape index (κ2) is 8.43. The molecule has 0 bridgehead atoms. The quantitative estimate of drug-likeness (QED) is 0.697. The van der Waals surface area contributed by atoms with Crippen LogP contribution in [0.1, 0.15) is 21.1 Å². The number of halogens is 1. The first-order valence-electron chi connectivity index (χ1n) is 6.83. The number of carbonyl (C=O) groups excluding carboxylic acids is 1. The number of rotatable bonds is 6. The Morgan fingerprint density at radius 1 is 1.38 bits per heavy atom. The van der Waals surface area contributed by atoms with Gasteiger partial charge in [-0.15, -0.1) is 23.7 Å². The molecule has 0 radical (unpaired) electrons. The van der Waals surface area contributed by atoms with Gasteiger partial charge in [-0.3, -0.25) is 9.52 Å². The van der Waals surface area contributed by atoms with E-state index in [4.69, 9.17) is 5.73 Å². The SMILES string of the molecule is Cc1ccc(NC(=O)c2csc(CCN)n2)cc1NS(C)(=O)=O.Cl. The number of nitrogens with zero attached hydrogens (tertiary/aromatic N) is 1. The Morgan fingerprint density at radius 3 is 2.71 bits per heavy atom. The van der Waals surface area contributed by atoms with Gasteiger partial charge in [0, 0.05) is 17.5 Å². The lowest BCUT2D eigenvalue weighted by molar-refractivity contribution is 0.102. The van der Waals surface area contributed by atoms with Crippen molar-refractivity contribution in [3.8, 4) is 0 Å². The molecular weight excluding hydrogens is 372 g/mol. The predicted octanol–water partition coefficient (Wildman–Crippen LogP) is 2.00. The van der Waals surface area contributed by atoms with Crippen molar-refractivity contribution < 1.29 is 13.2 Å². The third-order valence-electron chi connectivity index (χ3n) is 2.93. The lowest BCUT2D eigenvalue weighted by Crippen LogP contribution is -2.14. The van der Waals surface area contributed by atoms with E-state index < -0.39 is 10.0 Å². The largest absolute Gasteiger partial charge is 0.330 e. The summed E-state index contributed by atoms with van der Waals surface area (Å²) in [6, 6.07) is 5.00. The number of anilines is 2. The van der Waals surface area contributed by atoms with E-state index in [0.717, 1.165) is 16.8 Å². The van der Waals surface area contributed by atoms with Gasteiger partial charge in [0.05, 0.1) is 17.0 Å². The van der Waals surface area contributed by atoms with Gasteiger partial charge in [-0.1, -0.05) is 6.07 Å². The van der Waals surface area contributed by atoms with E-state index in [1.54, 1.807) is 30.5 Å². The van der Waals surface area contributed by atoms with Crippen molar-refractivity contribution in [3.05, 3.63) is 39.8 Å². The molecule has 0 spiro atoms. The molecule has 1 amide bonds. The molecule has 24 heavy (non-hydrogen) atoms. The summed E-state index contributed by atoms with van der Waals surface area (Å²) in [6.45, 7) is 2.26. The average Bonchev–Trinajstić information content (AvgIpc) is 2.90. The maximum atomic E-state index is 12.2. The van der Waals surface area contributed by atoms with Gasteiger partial charge in [-0.2, -0.15) is 0 Å². The number of sulfonamides is 1. The number of hydrogen-bond acceptors (Lipinski definition) is 6. The van der Waals surface area contributed by atoms with Crippen LogP contribution < -0.4 is 15.8 Å². The van der Waals surface area contributed by atoms with Crippen LogP contribution in [0.3, 0.4) is 0 Å². The fourth-order valence-corrected chi connectivity index (χ4v) is 3.27. The topological polar surface area (TPSA) is 114 Å². The summed E-state index contributed by atoms with van der Waals surface area (Å²) in [6.07, 6.45) is 1.71. The molecular formula is C14H19ClN4O3S2.